The standard InChI is InChI=1S/C24H22BrN3O4/c1-3-20(29)17-10-15(25)11-19-23(17)32-24(28-19)18-9-8-16(12-26-18)27-22(30)13-31-21-7-5-4-6-14(21)2/h4-12,20,29H,3,13H2,1-2H3,(H,27,30). The summed E-state index contributed by atoms with van der Waals surface area (Å²) in [6, 6.07) is 14.6. The first-order valence-corrected chi connectivity index (χ1v) is 11.0. The number of carbonyl (C=O) groups excluding carboxylic acids is 1. The molecule has 2 N–H and O–H groups in total. The molecule has 2 heterocycles. The van der Waals surface area contributed by atoms with Crippen LogP contribution in [0.3, 0.4) is 0 Å². The molecule has 8 heteroatoms. The van der Waals surface area contributed by atoms with Crippen molar-refractivity contribution in [3.8, 4) is 17.3 Å². The number of oxazole rings is 1. The van der Waals surface area contributed by atoms with E-state index >= 15 is 0 Å². The Bertz CT molecular complexity index is 1250. The fraction of sp³-hybridized carbons (Fsp3) is 0.208. The van der Waals surface area contributed by atoms with E-state index in [4.69, 9.17) is 9.15 Å². The molecule has 32 heavy (non-hydrogen) atoms. The highest BCUT2D eigenvalue weighted by atomic mass is 79.9. The molecule has 1 amide bonds. The molecule has 1 unspecified atom stereocenters. The van der Waals surface area contributed by atoms with Gasteiger partial charge >= 0.3 is 0 Å². The van der Waals surface area contributed by atoms with Crippen molar-refractivity contribution in [3.05, 3.63) is 70.3 Å². The fourth-order valence-corrected chi connectivity index (χ4v) is 3.72. The Morgan fingerprint density at radius 1 is 1.25 bits per heavy atom. The average Bonchev–Trinajstić information content (AvgIpc) is 3.22. The molecule has 0 spiro atoms. The molecule has 2 aromatic heterocycles. The maximum Gasteiger partial charge on any atom is 0.262 e. The van der Waals surface area contributed by atoms with Gasteiger partial charge < -0.3 is 19.6 Å². The maximum atomic E-state index is 12.2. The summed E-state index contributed by atoms with van der Waals surface area (Å²) < 4.78 is 12.3. The highest BCUT2D eigenvalue weighted by molar-refractivity contribution is 9.10. The van der Waals surface area contributed by atoms with Crippen LogP contribution in [0.2, 0.25) is 0 Å². The average molecular weight is 496 g/mol. The number of carbonyl (C=O) groups is 1. The van der Waals surface area contributed by atoms with Crippen molar-refractivity contribution in [1.29, 1.82) is 0 Å². The lowest BCUT2D eigenvalue weighted by atomic mass is 10.1. The van der Waals surface area contributed by atoms with Crippen LogP contribution in [0, 0.1) is 6.92 Å². The van der Waals surface area contributed by atoms with E-state index in [-0.39, 0.29) is 12.5 Å². The number of para-hydroxylation sites is 1. The molecular formula is C24H22BrN3O4. The second kappa shape index (κ2) is 9.50. The first kappa shape index (κ1) is 22.0. The number of fused-ring (bicyclic) bond motifs is 1. The number of nitrogens with zero attached hydrogens (tertiary/aromatic N) is 2. The third kappa shape index (κ3) is 4.81. The minimum Gasteiger partial charge on any atom is -0.483 e. The summed E-state index contributed by atoms with van der Waals surface area (Å²) in [6.07, 6.45) is 1.44. The van der Waals surface area contributed by atoms with E-state index in [1.54, 1.807) is 12.1 Å². The number of ether oxygens (including phenoxy) is 1. The monoisotopic (exact) mass is 495 g/mol. The number of aryl methyl sites for hydroxylation is 1. The van der Waals surface area contributed by atoms with Crippen LogP contribution in [0.25, 0.3) is 22.7 Å². The number of anilines is 1. The van der Waals surface area contributed by atoms with E-state index in [0.717, 1.165) is 10.0 Å². The van der Waals surface area contributed by atoms with Gasteiger partial charge in [0.05, 0.1) is 18.0 Å². The van der Waals surface area contributed by atoms with Gasteiger partial charge in [0, 0.05) is 10.0 Å². The third-order valence-electron chi connectivity index (χ3n) is 4.95. The minimum atomic E-state index is -0.650. The lowest BCUT2D eigenvalue weighted by Crippen LogP contribution is -2.20. The van der Waals surface area contributed by atoms with E-state index in [9.17, 15) is 9.90 Å². The SMILES string of the molecule is CCC(O)c1cc(Br)cc2nc(-c3ccc(NC(=O)COc4ccccc4C)cn3)oc12. The highest BCUT2D eigenvalue weighted by Gasteiger charge is 2.18. The Hall–Kier alpha value is -3.23. The highest BCUT2D eigenvalue weighted by Crippen LogP contribution is 2.33. The van der Waals surface area contributed by atoms with Gasteiger partial charge in [-0.05, 0) is 49.2 Å². The number of halogens is 1. The van der Waals surface area contributed by atoms with Gasteiger partial charge in [0.15, 0.2) is 12.2 Å². The van der Waals surface area contributed by atoms with E-state index < -0.39 is 6.10 Å². The summed E-state index contributed by atoms with van der Waals surface area (Å²) >= 11 is 3.45. The van der Waals surface area contributed by atoms with Crippen LogP contribution < -0.4 is 10.1 Å². The summed E-state index contributed by atoms with van der Waals surface area (Å²) in [5, 5.41) is 13.1. The summed E-state index contributed by atoms with van der Waals surface area (Å²) in [4.78, 5) is 21.1. The molecule has 4 rings (SSSR count). The van der Waals surface area contributed by atoms with Gasteiger partial charge in [0.25, 0.3) is 5.91 Å². The van der Waals surface area contributed by atoms with E-state index in [1.807, 2.05) is 50.2 Å². The molecule has 164 valence electrons. The van der Waals surface area contributed by atoms with Gasteiger partial charge in [0.1, 0.15) is 17.0 Å². The van der Waals surface area contributed by atoms with Gasteiger partial charge in [-0.1, -0.05) is 41.1 Å². The molecule has 0 fully saturated rings. The number of aliphatic hydroxyl groups excluding tert-OH is 1. The van der Waals surface area contributed by atoms with Crippen molar-refractivity contribution < 1.29 is 19.1 Å². The van der Waals surface area contributed by atoms with Crippen LogP contribution in [0.4, 0.5) is 5.69 Å². The van der Waals surface area contributed by atoms with Gasteiger partial charge in [0.2, 0.25) is 5.89 Å². The second-order valence-corrected chi connectivity index (χ2v) is 8.24. The molecule has 1 atom stereocenters. The Morgan fingerprint density at radius 3 is 2.78 bits per heavy atom. The van der Waals surface area contributed by atoms with Crippen molar-refractivity contribution in [2.24, 2.45) is 0 Å². The Labute approximate surface area is 193 Å². The van der Waals surface area contributed by atoms with Crippen molar-refractivity contribution in [1.82, 2.24) is 9.97 Å². The van der Waals surface area contributed by atoms with Gasteiger partial charge in [-0.3, -0.25) is 4.79 Å². The zero-order valence-corrected chi connectivity index (χ0v) is 19.2. The number of benzene rings is 2. The van der Waals surface area contributed by atoms with Crippen molar-refractivity contribution in [2.45, 2.75) is 26.4 Å². The Balaban J connectivity index is 1.47. The number of rotatable bonds is 7. The van der Waals surface area contributed by atoms with Crippen LogP contribution in [0.5, 0.6) is 5.75 Å². The van der Waals surface area contributed by atoms with Crippen LogP contribution in [-0.2, 0) is 4.79 Å². The van der Waals surface area contributed by atoms with E-state index in [0.29, 0.717) is 46.1 Å². The van der Waals surface area contributed by atoms with Crippen LogP contribution >= 0.6 is 15.9 Å². The zero-order chi connectivity index (χ0) is 22.7. The topological polar surface area (TPSA) is 97.5 Å². The number of pyridine rings is 1. The molecule has 0 bridgehead atoms. The van der Waals surface area contributed by atoms with Crippen LogP contribution in [0.15, 0.2) is 63.6 Å². The van der Waals surface area contributed by atoms with Crippen molar-refractivity contribution in [3.63, 3.8) is 0 Å². The molecule has 0 aliphatic rings. The van der Waals surface area contributed by atoms with Gasteiger partial charge in [-0.2, -0.15) is 0 Å². The molecule has 0 radical (unpaired) electrons. The quantitative estimate of drug-likeness (QED) is 0.355. The normalized spacial score (nSPS) is 12.0. The van der Waals surface area contributed by atoms with Crippen LogP contribution in [-0.4, -0.2) is 27.6 Å². The predicted molar refractivity (Wildman–Crippen MR) is 125 cm³/mol. The second-order valence-electron chi connectivity index (χ2n) is 7.32. The summed E-state index contributed by atoms with van der Waals surface area (Å²) in [5.74, 6) is 0.724. The molecule has 0 saturated carbocycles. The molecule has 0 saturated heterocycles. The van der Waals surface area contributed by atoms with Gasteiger partial charge in [-0.25, -0.2) is 9.97 Å². The smallest absolute Gasteiger partial charge is 0.262 e. The maximum absolute atomic E-state index is 12.2. The molecule has 0 aliphatic carbocycles. The number of nitrogens with one attached hydrogen (secondary N) is 1. The first-order chi connectivity index (χ1) is 15.4. The summed E-state index contributed by atoms with van der Waals surface area (Å²) in [7, 11) is 0. The first-order valence-electron chi connectivity index (χ1n) is 10.2. The number of aromatic nitrogens is 2. The molecule has 4 aromatic rings. The van der Waals surface area contributed by atoms with Crippen molar-refractivity contribution >= 4 is 38.6 Å². The number of hydrogen-bond acceptors (Lipinski definition) is 6. The lowest BCUT2D eigenvalue weighted by molar-refractivity contribution is -0.118. The third-order valence-corrected chi connectivity index (χ3v) is 5.41. The lowest BCUT2D eigenvalue weighted by Gasteiger charge is -2.09. The van der Waals surface area contributed by atoms with Crippen LogP contribution in [0.1, 0.15) is 30.6 Å². The molecule has 7 nitrogen and oxygen atoms in total. The Morgan fingerprint density at radius 2 is 2.06 bits per heavy atom. The van der Waals surface area contributed by atoms with Crippen molar-refractivity contribution in [2.75, 3.05) is 11.9 Å². The summed E-state index contributed by atoms with van der Waals surface area (Å²) in [6.45, 7) is 3.72. The fourth-order valence-electron chi connectivity index (χ4n) is 3.25. The number of amides is 1. The predicted octanol–water partition coefficient (Wildman–Crippen LogP) is 5.42. The van der Waals surface area contributed by atoms with E-state index in [2.05, 4.69) is 31.2 Å². The molecular weight excluding hydrogens is 474 g/mol. The molecule has 0 aliphatic heterocycles. The Kier molecular flexibility index (Phi) is 6.53. The minimum absolute atomic E-state index is 0.102. The molecule has 2 aromatic carbocycles. The number of aliphatic hydroxyl groups is 1. The van der Waals surface area contributed by atoms with Gasteiger partial charge in [-0.15, -0.1) is 0 Å². The summed E-state index contributed by atoms with van der Waals surface area (Å²) in [5.41, 5.74) is 3.85. The van der Waals surface area contributed by atoms with E-state index in [1.165, 1.54) is 6.20 Å². The number of hydrogen-bond donors (Lipinski definition) is 2. The zero-order valence-electron chi connectivity index (χ0n) is 17.6. The largest absolute Gasteiger partial charge is 0.483 e.